The van der Waals surface area contributed by atoms with Gasteiger partial charge in [0.05, 0.1) is 11.8 Å². The molecule has 0 spiro atoms. The molecule has 5 heteroatoms. The van der Waals surface area contributed by atoms with Crippen molar-refractivity contribution in [2.24, 2.45) is 5.92 Å². The van der Waals surface area contributed by atoms with Crippen molar-refractivity contribution in [3.63, 3.8) is 0 Å². The van der Waals surface area contributed by atoms with E-state index in [2.05, 4.69) is 18.8 Å². The maximum absolute atomic E-state index is 13.3. The molecule has 2 rings (SSSR count). The number of carbonyl (C=O) groups excluding carboxylic acids is 1. The SMILES string of the molecule is CC(C)CN(C(=O)c1cc(F)cnc1Cl)C1CCCC1. The quantitative estimate of drug-likeness (QED) is 0.790. The van der Waals surface area contributed by atoms with Gasteiger partial charge in [-0.25, -0.2) is 9.37 Å². The van der Waals surface area contributed by atoms with Gasteiger partial charge in [0.2, 0.25) is 0 Å². The second-order valence-corrected chi connectivity index (χ2v) is 6.14. The molecule has 20 heavy (non-hydrogen) atoms. The molecular formula is C15H20ClFN2O. The molecule has 0 saturated heterocycles. The summed E-state index contributed by atoms with van der Waals surface area (Å²) in [6.45, 7) is 4.80. The van der Waals surface area contributed by atoms with Crippen molar-refractivity contribution < 1.29 is 9.18 Å². The molecule has 0 aromatic carbocycles. The van der Waals surface area contributed by atoms with Crippen molar-refractivity contribution >= 4 is 17.5 Å². The second-order valence-electron chi connectivity index (χ2n) is 5.78. The van der Waals surface area contributed by atoms with Crippen molar-refractivity contribution in [2.45, 2.75) is 45.6 Å². The molecular weight excluding hydrogens is 279 g/mol. The minimum absolute atomic E-state index is 0.0724. The molecule has 1 saturated carbocycles. The normalized spacial score (nSPS) is 15.8. The van der Waals surface area contributed by atoms with E-state index < -0.39 is 5.82 Å². The van der Waals surface area contributed by atoms with Crippen molar-refractivity contribution in [3.8, 4) is 0 Å². The van der Waals surface area contributed by atoms with E-state index in [4.69, 9.17) is 11.6 Å². The van der Waals surface area contributed by atoms with Gasteiger partial charge in [0.15, 0.2) is 0 Å². The van der Waals surface area contributed by atoms with Gasteiger partial charge in [0.1, 0.15) is 11.0 Å². The molecule has 1 aromatic heterocycles. The molecule has 0 N–H and O–H groups in total. The Morgan fingerprint density at radius 2 is 2.15 bits per heavy atom. The lowest BCUT2D eigenvalue weighted by atomic mass is 10.1. The first-order valence-electron chi connectivity index (χ1n) is 7.11. The molecule has 0 atom stereocenters. The van der Waals surface area contributed by atoms with E-state index in [-0.39, 0.29) is 22.7 Å². The highest BCUT2D eigenvalue weighted by atomic mass is 35.5. The fourth-order valence-electron chi connectivity index (χ4n) is 2.73. The Kier molecular flexibility index (Phi) is 4.97. The van der Waals surface area contributed by atoms with Gasteiger partial charge in [-0.15, -0.1) is 0 Å². The number of carbonyl (C=O) groups is 1. The number of rotatable bonds is 4. The van der Waals surface area contributed by atoms with Gasteiger partial charge in [0.25, 0.3) is 5.91 Å². The molecule has 1 heterocycles. The first-order valence-corrected chi connectivity index (χ1v) is 7.49. The molecule has 110 valence electrons. The Morgan fingerprint density at radius 1 is 1.50 bits per heavy atom. The molecule has 1 fully saturated rings. The highest BCUT2D eigenvalue weighted by Crippen LogP contribution is 2.27. The van der Waals surface area contributed by atoms with Crippen LogP contribution in [0.2, 0.25) is 5.15 Å². The van der Waals surface area contributed by atoms with Crippen LogP contribution in [0.1, 0.15) is 49.9 Å². The van der Waals surface area contributed by atoms with Crippen molar-refractivity contribution in [1.82, 2.24) is 9.88 Å². The van der Waals surface area contributed by atoms with Gasteiger partial charge in [-0.2, -0.15) is 0 Å². The summed E-state index contributed by atoms with van der Waals surface area (Å²) in [7, 11) is 0. The second kappa shape index (κ2) is 6.53. The molecule has 3 nitrogen and oxygen atoms in total. The van der Waals surface area contributed by atoms with Gasteiger partial charge in [-0.3, -0.25) is 4.79 Å². The molecule has 0 bridgehead atoms. The van der Waals surface area contributed by atoms with Crippen LogP contribution in [0.25, 0.3) is 0 Å². The lowest BCUT2D eigenvalue weighted by molar-refractivity contribution is 0.0654. The number of aromatic nitrogens is 1. The van der Waals surface area contributed by atoms with Crippen LogP contribution in [-0.2, 0) is 0 Å². The van der Waals surface area contributed by atoms with Crippen molar-refractivity contribution in [1.29, 1.82) is 0 Å². The first kappa shape index (κ1) is 15.2. The van der Waals surface area contributed by atoms with Crippen LogP contribution >= 0.6 is 11.6 Å². The van der Waals surface area contributed by atoms with Crippen LogP contribution < -0.4 is 0 Å². The van der Waals surface area contributed by atoms with Crippen molar-refractivity contribution in [2.75, 3.05) is 6.54 Å². The predicted molar refractivity (Wildman–Crippen MR) is 77.3 cm³/mol. The molecule has 0 radical (unpaired) electrons. The van der Waals surface area contributed by atoms with Gasteiger partial charge in [0, 0.05) is 12.6 Å². The molecule has 1 aliphatic carbocycles. The van der Waals surface area contributed by atoms with Crippen LogP contribution in [0.3, 0.4) is 0 Å². The van der Waals surface area contributed by atoms with Crippen LogP contribution in [-0.4, -0.2) is 28.4 Å². The Balaban J connectivity index is 2.27. The summed E-state index contributed by atoms with van der Waals surface area (Å²) in [4.78, 5) is 18.3. The summed E-state index contributed by atoms with van der Waals surface area (Å²) in [5.74, 6) is -0.379. The van der Waals surface area contributed by atoms with Crippen LogP contribution in [0, 0.1) is 11.7 Å². The monoisotopic (exact) mass is 298 g/mol. The van der Waals surface area contributed by atoms with Crippen LogP contribution in [0.15, 0.2) is 12.3 Å². The molecule has 1 amide bonds. The molecule has 0 unspecified atom stereocenters. The van der Waals surface area contributed by atoms with E-state index in [0.29, 0.717) is 12.5 Å². The maximum atomic E-state index is 13.3. The number of hydrogen-bond acceptors (Lipinski definition) is 2. The topological polar surface area (TPSA) is 33.2 Å². The Labute approximate surface area is 124 Å². The Hall–Kier alpha value is -1.16. The Bertz CT molecular complexity index is 487. The highest BCUT2D eigenvalue weighted by Gasteiger charge is 2.29. The van der Waals surface area contributed by atoms with E-state index in [0.717, 1.165) is 31.9 Å². The number of pyridine rings is 1. The van der Waals surface area contributed by atoms with Crippen LogP contribution in [0.4, 0.5) is 4.39 Å². The zero-order valence-corrected chi connectivity index (χ0v) is 12.7. The summed E-state index contributed by atoms with van der Waals surface area (Å²) < 4.78 is 13.3. The van der Waals surface area contributed by atoms with Crippen LogP contribution in [0.5, 0.6) is 0 Å². The summed E-state index contributed by atoms with van der Waals surface area (Å²) in [5, 5.41) is 0.0724. The minimum atomic E-state index is -0.534. The standard InChI is InChI=1S/C15H20ClFN2O/c1-10(2)9-19(12-5-3-4-6-12)15(20)13-7-11(17)8-18-14(13)16/h7-8,10,12H,3-6,9H2,1-2H3. The summed E-state index contributed by atoms with van der Waals surface area (Å²) in [5.41, 5.74) is 0.166. The van der Waals surface area contributed by atoms with Gasteiger partial charge < -0.3 is 4.90 Å². The molecule has 1 aliphatic rings. The van der Waals surface area contributed by atoms with Gasteiger partial charge >= 0.3 is 0 Å². The maximum Gasteiger partial charge on any atom is 0.257 e. The minimum Gasteiger partial charge on any atom is -0.335 e. The highest BCUT2D eigenvalue weighted by molar-refractivity contribution is 6.32. The summed E-state index contributed by atoms with van der Waals surface area (Å²) in [6.07, 6.45) is 5.34. The van der Waals surface area contributed by atoms with Gasteiger partial charge in [-0.05, 0) is 24.8 Å². The number of nitrogens with zero attached hydrogens (tertiary/aromatic N) is 2. The summed E-state index contributed by atoms with van der Waals surface area (Å²) in [6, 6.07) is 1.42. The fourth-order valence-corrected chi connectivity index (χ4v) is 2.92. The predicted octanol–water partition coefficient (Wildman–Crippen LogP) is 3.91. The third-order valence-corrected chi connectivity index (χ3v) is 3.93. The first-order chi connectivity index (χ1) is 9.49. The number of amides is 1. The number of halogens is 2. The van der Waals surface area contributed by atoms with E-state index in [9.17, 15) is 9.18 Å². The lowest BCUT2D eigenvalue weighted by Crippen LogP contribution is -2.41. The van der Waals surface area contributed by atoms with E-state index in [1.807, 2.05) is 4.90 Å². The third kappa shape index (κ3) is 3.48. The zero-order chi connectivity index (χ0) is 14.7. The fraction of sp³-hybridized carbons (Fsp3) is 0.600. The van der Waals surface area contributed by atoms with Gasteiger partial charge in [-0.1, -0.05) is 38.3 Å². The number of hydrogen-bond donors (Lipinski definition) is 0. The average molecular weight is 299 g/mol. The Morgan fingerprint density at radius 3 is 2.75 bits per heavy atom. The smallest absolute Gasteiger partial charge is 0.257 e. The largest absolute Gasteiger partial charge is 0.335 e. The zero-order valence-electron chi connectivity index (χ0n) is 11.9. The molecule has 1 aromatic rings. The average Bonchev–Trinajstić information content (AvgIpc) is 2.91. The molecule has 0 aliphatic heterocycles. The third-order valence-electron chi connectivity index (χ3n) is 3.62. The lowest BCUT2D eigenvalue weighted by Gasteiger charge is -2.30. The summed E-state index contributed by atoms with van der Waals surface area (Å²) >= 11 is 5.95. The van der Waals surface area contributed by atoms with E-state index in [1.54, 1.807) is 0 Å². The van der Waals surface area contributed by atoms with E-state index in [1.165, 1.54) is 6.07 Å². The van der Waals surface area contributed by atoms with E-state index >= 15 is 0 Å². The van der Waals surface area contributed by atoms with Crippen molar-refractivity contribution in [3.05, 3.63) is 28.8 Å².